The number of nitrogens with one attached hydrogen (secondary N) is 1. The average Bonchev–Trinajstić information content (AvgIpc) is 2.88. The van der Waals surface area contributed by atoms with Gasteiger partial charge in [-0.05, 0) is 18.2 Å². The number of imide groups is 1. The van der Waals surface area contributed by atoms with Crippen LogP contribution >= 0.6 is 0 Å². The Morgan fingerprint density at radius 2 is 1.94 bits per heavy atom. The smallest absolute Gasteiger partial charge is 0.266 e. The normalized spacial score (nSPS) is 14.2. The van der Waals surface area contributed by atoms with Crippen molar-refractivity contribution in [3.05, 3.63) is 41.7 Å². The number of aromatic nitrogens is 2. The van der Waals surface area contributed by atoms with Gasteiger partial charge in [-0.1, -0.05) is 0 Å². The van der Waals surface area contributed by atoms with E-state index in [1.165, 1.54) is 18.5 Å². The molecule has 3 N–H and O–H groups in total. The zero-order valence-electron chi connectivity index (χ0n) is 8.68. The summed E-state index contributed by atoms with van der Waals surface area (Å²) in [5, 5.41) is 6.29. The molecule has 0 bridgehead atoms. The van der Waals surface area contributed by atoms with Crippen molar-refractivity contribution >= 4 is 23.2 Å². The number of nitrogen functional groups attached to an aromatic ring is 1. The highest BCUT2D eigenvalue weighted by molar-refractivity contribution is 6.34. The number of nitrogens with two attached hydrogens (primary N) is 1. The van der Waals surface area contributed by atoms with Crippen LogP contribution in [0.25, 0.3) is 0 Å². The molecule has 3 rings (SSSR count). The lowest BCUT2D eigenvalue weighted by molar-refractivity contribution is 0.0926. The molecule has 6 nitrogen and oxygen atoms in total. The third kappa shape index (κ3) is 1.24. The summed E-state index contributed by atoms with van der Waals surface area (Å²) in [7, 11) is 0. The van der Waals surface area contributed by atoms with Gasteiger partial charge in [-0.3, -0.25) is 14.7 Å². The van der Waals surface area contributed by atoms with Crippen LogP contribution in [-0.2, 0) is 0 Å². The van der Waals surface area contributed by atoms with E-state index in [-0.39, 0.29) is 11.8 Å². The predicted molar refractivity (Wildman–Crippen MR) is 60.6 cm³/mol. The highest BCUT2D eigenvalue weighted by Crippen LogP contribution is 2.28. The number of hydrogen-bond donors (Lipinski definition) is 2. The second-order valence-electron chi connectivity index (χ2n) is 3.71. The Bertz CT molecular complexity index is 618. The van der Waals surface area contributed by atoms with Crippen molar-refractivity contribution < 1.29 is 9.59 Å². The van der Waals surface area contributed by atoms with E-state index < -0.39 is 0 Å². The fourth-order valence-corrected chi connectivity index (χ4v) is 1.86. The molecule has 1 aromatic carbocycles. The van der Waals surface area contributed by atoms with Gasteiger partial charge in [0.2, 0.25) is 0 Å². The summed E-state index contributed by atoms with van der Waals surface area (Å²) >= 11 is 0. The van der Waals surface area contributed by atoms with Crippen LogP contribution < -0.4 is 10.6 Å². The van der Waals surface area contributed by atoms with Gasteiger partial charge in [-0.25, -0.2) is 4.90 Å². The first kappa shape index (κ1) is 9.59. The van der Waals surface area contributed by atoms with E-state index in [9.17, 15) is 9.59 Å². The summed E-state index contributed by atoms with van der Waals surface area (Å²) in [4.78, 5) is 25.2. The molecule has 0 radical (unpaired) electrons. The van der Waals surface area contributed by atoms with E-state index in [0.717, 1.165) is 4.90 Å². The lowest BCUT2D eigenvalue weighted by Crippen LogP contribution is -2.28. The Hall–Kier alpha value is -2.63. The number of anilines is 2. The van der Waals surface area contributed by atoms with Crippen LogP contribution in [0.4, 0.5) is 11.4 Å². The molecule has 1 aliphatic rings. The minimum absolute atomic E-state index is 0.330. The zero-order chi connectivity index (χ0) is 12.0. The molecule has 2 amide bonds. The van der Waals surface area contributed by atoms with Crippen molar-refractivity contribution in [3.8, 4) is 0 Å². The molecule has 17 heavy (non-hydrogen) atoms. The van der Waals surface area contributed by atoms with Crippen LogP contribution in [0.3, 0.4) is 0 Å². The summed E-state index contributed by atoms with van der Waals surface area (Å²) in [5.41, 5.74) is 7.18. The Morgan fingerprint density at radius 3 is 2.65 bits per heavy atom. The SMILES string of the molecule is Nc1ccc2c(c1)C(=O)N(c1cn[nH]c1)C2=O. The first-order valence-corrected chi connectivity index (χ1v) is 4.95. The van der Waals surface area contributed by atoms with Crippen molar-refractivity contribution in [2.24, 2.45) is 0 Å². The molecule has 6 heteroatoms. The minimum Gasteiger partial charge on any atom is -0.399 e. The van der Waals surface area contributed by atoms with Gasteiger partial charge < -0.3 is 5.73 Å². The summed E-state index contributed by atoms with van der Waals surface area (Å²) < 4.78 is 0. The lowest BCUT2D eigenvalue weighted by atomic mass is 10.1. The van der Waals surface area contributed by atoms with E-state index in [4.69, 9.17) is 5.73 Å². The van der Waals surface area contributed by atoms with Crippen LogP contribution in [0.1, 0.15) is 20.7 Å². The predicted octanol–water partition coefficient (Wildman–Crippen LogP) is 0.792. The molecule has 0 fully saturated rings. The van der Waals surface area contributed by atoms with Gasteiger partial charge in [0, 0.05) is 11.9 Å². The molecule has 2 heterocycles. The molecule has 1 aliphatic heterocycles. The maximum Gasteiger partial charge on any atom is 0.266 e. The van der Waals surface area contributed by atoms with Gasteiger partial charge in [0.1, 0.15) is 0 Å². The third-order valence-corrected chi connectivity index (χ3v) is 2.65. The second-order valence-corrected chi connectivity index (χ2v) is 3.71. The molecular formula is C11H8N4O2. The number of carbonyl (C=O) groups excluding carboxylic acids is 2. The monoisotopic (exact) mass is 228 g/mol. The van der Waals surface area contributed by atoms with Gasteiger partial charge in [-0.15, -0.1) is 0 Å². The molecular weight excluding hydrogens is 220 g/mol. The van der Waals surface area contributed by atoms with E-state index in [2.05, 4.69) is 10.2 Å². The van der Waals surface area contributed by atoms with Crippen LogP contribution in [0.5, 0.6) is 0 Å². The van der Waals surface area contributed by atoms with E-state index in [0.29, 0.717) is 22.5 Å². The van der Waals surface area contributed by atoms with Gasteiger partial charge in [0.15, 0.2) is 0 Å². The Kier molecular flexibility index (Phi) is 1.79. The Labute approximate surface area is 96.0 Å². The number of benzene rings is 1. The van der Waals surface area contributed by atoms with Gasteiger partial charge in [-0.2, -0.15) is 5.10 Å². The van der Waals surface area contributed by atoms with Crippen molar-refractivity contribution in [1.82, 2.24) is 10.2 Å². The summed E-state index contributed by atoms with van der Waals surface area (Å²) in [6.45, 7) is 0. The van der Waals surface area contributed by atoms with Crippen LogP contribution in [0.2, 0.25) is 0 Å². The topological polar surface area (TPSA) is 92.1 Å². The molecule has 84 valence electrons. The number of aromatic amines is 1. The summed E-state index contributed by atoms with van der Waals surface area (Å²) in [5.74, 6) is -0.731. The number of carbonyl (C=O) groups is 2. The fraction of sp³-hybridized carbons (Fsp3) is 0. The lowest BCUT2D eigenvalue weighted by Gasteiger charge is -2.09. The Morgan fingerprint density at radius 1 is 1.18 bits per heavy atom. The van der Waals surface area contributed by atoms with Crippen LogP contribution in [0, 0.1) is 0 Å². The second kappa shape index (κ2) is 3.18. The molecule has 0 saturated carbocycles. The maximum absolute atomic E-state index is 12.1. The number of rotatable bonds is 1. The van der Waals surface area contributed by atoms with Crippen LogP contribution in [0.15, 0.2) is 30.6 Å². The van der Waals surface area contributed by atoms with Crippen molar-refractivity contribution in [2.45, 2.75) is 0 Å². The molecule has 0 saturated heterocycles. The molecule has 0 spiro atoms. The van der Waals surface area contributed by atoms with E-state index in [1.807, 2.05) is 0 Å². The number of hydrogen-bond acceptors (Lipinski definition) is 4. The van der Waals surface area contributed by atoms with E-state index >= 15 is 0 Å². The quantitative estimate of drug-likeness (QED) is 0.557. The standard InChI is InChI=1S/C11H8N4O2/c12-6-1-2-8-9(3-6)11(17)15(10(8)16)7-4-13-14-5-7/h1-5H,12H2,(H,13,14). The summed E-state index contributed by atoms with van der Waals surface area (Å²) in [6, 6.07) is 4.67. The molecule has 0 unspecified atom stereocenters. The highest BCUT2D eigenvalue weighted by atomic mass is 16.2. The van der Waals surface area contributed by atoms with Gasteiger partial charge in [0.05, 0.1) is 23.0 Å². The summed E-state index contributed by atoms with van der Waals surface area (Å²) in [6.07, 6.45) is 2.91. The van der Waals surface area contributed by atoms with Gasteiger partial charge in [0.25, 0.3) is 11.8 Å². The zero-order valence-corrected chi connectivity index (χ0v) is 8.68. The molecule has 0 atom stereocenters. The number of amides is 2. The highest BCUT2D eigenvalue weighted by Gasteiger charge is 2.37. The molecule has 1 aromatic heterocycles. The van der Waals surface area contributed by atoms with Crippen molar-refractivity contribution in [3.63, 3.8) is 0 Å². The largest absolute Gasteiger partial charge is 0.399 e. The number of nitrogens with zero attached hydrogens (tertiary/aromatic N) is 2. The first-order valence-electron chi connectivity index (χ1n) is 4.95. The van der Waals surface area contributed by atoms with Crippen molar-refractivity contribution in [2.75, 3.05) is 10.6 Å². The minimum atomic E-state index is -0.376. The van der Waals surface area contributed by atoms with Gasteiger partial charge >= 0.3 is 0 Å². The Balaban J connectivity index is 2.15. The maximum atomic E-state index is 12.1. The molecule has 0 aliphatic carbocycles. The third-order valence-electron chi connectivity index (χ3n) is 2.65. The fourth-order valence-electron chi connectivity index (χ4n) is 1.86. The van der Waals surface area contributed by atoms with E-state index in [1.54, 1.807) is 12.1 Å². The van der Waals surface area contributed by atoms with Crippen LogP contribution in [-0.4, -0.2) is 22.0 Å². The first-order chi connectivity index (χ1) is 8.18. The molecule has 2 aromatic rings. The number of H-pyrrole nitrogens is 1. The number of fused-ring (bicyclic) bond motifs is 1. The average molecular weight is 228 g/mol. The van der Waals surface area contributed by atoms with Crippen molar-refractivity contribution in [1.29, 1.82) is 0 Å².